The van der Waals surface area contributed by atoms with Crippen LogP contribution in [0.4, 0.5) is 4.79 Å². The van der Waals surface area contributed by atoms with E-state index in [2.05, 4.69) is 10.5 Å². The second kappa shape index (κ2) is 6.35. The van der Waals surface area contributed by atoms with Crippen LogP contribution in [0.2, 0.25) is 5.02 Å². The van der Waals surface area contributed by atoms with E-state index in [0.717, 1.165) is 0 Å². The largest absolute Gasteiger partial charge is 0.328 e. The number of hydrogen-bond donors (Lipinski definition) is 3. The predicted molar refractivity (Wildman–Crippen MR) is 77.2 cm³/mol. The summed E-state index contributed by atoms with van der Waals surface area (Å²) in [5.74, 6) is -3.39. The highest BCUT2D eigenvalue weighted by atomic mass is 35.5. The van der Waals surface area contributed by atoms with E-state index in [1.165, 1.54) is 19.1 Å². The molecule has 1 aliphatic rings. The molecule has 1 fully saturated rings. The first-order chi connectivity index (χ1) is 10.4. The number of amides is 5. The lowest BCUT2D eigenvalue weighted by Crippen LogP contribution is -2.57. The number of benzene rings is 1. The molecule has 0 aromatic heterocycles. The fourth-order valence-corrected chi connectivity index (χ4v) is 1.89. The number of imide groups is 2. The van der Waals surface area contributed by atoms with Gasteiger partial charge >= 0.3 is 6.03 Å². The molecule has 1 saturated heterocycles. The van der Waals surface area contributed by atoms with Gasteiger partial charge in [-0.15, -0.1) is 0 Å². The minimum atomic E-state index is -1.27. The van der Waals surface area contributed by atoms with E-state index in [4.69, 9.17) is 11.6 Å². The highest BCUT2D eigenvalue weighted by Crippen LogP contribution is 2.09. The van der Waals surface area contributed by atoms with Gasteiger partial charge in [-0.1, -0.05) is 11.6 Å². The van der Waals surface area contributed by atoms with Gasteiger partial charge < -0.3 is 0 Å². The van der Waals surface area contributed by atoms with Crippen LogP contribution in [-0.2, 0) is 9.59 Å². The standard InChI is InChI=1S/C13H11ClN4O4/c1-6(9-11(20)15-13(22)16-12(9)21)17-18-10(19)7-2-4-8(14)5-3-7/h2-5,9H,1H3,(H,18,19)(H2,15,16,20,21,22)/b17-6+. The zero-order valence-electron chi connectivity index (χ0n) is 11.3. The zero-order chi connectivity index (χ0) is 16.3. The number of rotatable bonds is 3. The molecule has 0 aliphatic carbocycles. The molecule has 0 unspecified atom stereocenters. The van der Waals surface area contributed by atoms with Gasteiger partial charge in [-0.3, -0.25) is 25.0 Å². The third kappa shape index (κ3) is 3.47. The highest BCUT2D eigenvalue weighted by molar-refractivity contribution is 6.30. The topological polar surface area (TPSA) is 117 Å². The average molecular weight is 323 g/mol. The van der Waals surface area contributed by atoms with Gasteiger partial charge in [0.25, 0.3) is 5.91 Å². The molecule has 1 aromatic carbocycles. The van der Waals surface area contributed by atoms with Gasteiger partial charge in [0.2, 0.25) is 11.8 Å². The average Bonchev–Trinajstić information content (AvgIpc) is 2.44. The molecular formula is C13H11ClN4O4. The minimum Gasteiger partial charge on any atom is -0.277 e. The van der Waals surface area contributed by atoms with Crippen molar-refractivity contribution < 1.29 is 19.2 Å². The van der Waals surface area contributed by atoms with E-state index in [9.17, 15) is 19.2 Å². The number of carbonyl (C=O) groups is 4. The van der Waals surface area contributed by atoms with Gasteiger partial charge in [-0.25, -0.2) is 10.2 Å². The number of carbonyl (C=O) groups excluding carboxylic acids is 4. The molecule has 3 N–H and O–H groups in total. The van der Waals surface area contributed by atoms with Crippen molar-refractivity contribution in [3.8, 4) is 0 Å². The van der Waals surface area contributed by atoms with Gasteiger partial charge in [-0.05, 0) is 31.2 Å². The summed E-state index contributed by atoms with van der Waals surface area (Å²) in [5.41, 5.74) is 2.59. The third-order valence-electron chi connectivity index (χ3n) is 2.86. The van der Waals surface area contributed by atoms with Crippen molar-refractivity contribution in [2.24, 2.45) is 11.0 Å². The summed E-state index contributed by atoms with van der Waals surface area (Å²) >= 11 is 5.71. The maximum atomic E-state index is 11.8. The lowest BCUT2D eigenvalue weighted by atomic mass is 10.0. The van der Waals surface area contributed by atoms with E-state index in [1.54, 1.807) is 12.1 Å². The molecule has 0 radical (unpaired) electrons. The Hall–Kier alpha value is -2.74. The summed E-state index contributed by atoms with van der Waals surface area (Å²) in [4.78, 5) is 46.0. The zero-order valence-corrected chi connectivity index (χ0v) is 12.1. The van der Waals surface area contributed by atoms with Crippen molar-refractivity contribution in [2.45, 2.75) is 6.92 Å². The van der Waals surface area contributed by atoms with Crippen LogP contribution in [0.15, 0.2) is 29.4 Å². The summed E-state index contributed by atoms with van der Waals surface area (Å²) in [6, 6.07) is 5.20. The summed E-state index contributed by atoms with van der Waals surface area (Å²) in [6.45, 7) is 1.39. The van der Waals surface area contributed by atoms with Crippen LogP contribution >= 0.6 is 11.6 Å². The maximum absolute atomic E-state index is 11.8. The molecule has 22 heavy (non-hydrogen) atoms. The van der Waals surface area contributed by atoms with Crippen molar-refractivity contribution in [2.75, 3.05) is 0 Å². The second-order valence-corrected chi connectivity index (χ2v) is 4.88. The quantitative estimate of drug-likeness (QED) is 0.425. The van der Waals surface area contributed by atoms with Crippen LogP contribution in [0.5, 0.6) is 0 Å². The van der Waals surface area contributed by atoms with E-state index >= 15 is 0 Å². The highest BCUT2D eigenvalue weighted by Gasteiger charge is 2.36. The van der Waals surface area contributed by atoms with Crippen molar-refractivity contribution in [3.63, 3.8) is 0 Å². The first-order valence-electron chi connectivity index (χ1n) is 6.14. The second-order valence-electron chi connectivity index (χ2n) is 4.44. The number of hydrazone groups is 1. The molecule has 1 aromatic rings. The van der Waals surface area contributed by atoms with Crippen LogP contribution in [0.25, 0.3) is 0 Å². The smallest absolute Gasteiger partial charge is 0.277 e. The van der Waals surface area contributed by atoms with E-state index in [-0.39, 0.29) is 5.71 Å². The Kier molecular flexibility index (Phi) is 4.52. The Morgan fingerprint density at radius 2 is 1.68 bits per heavy atom. The molecule has 9 heteroatoms. The Morgan fingerprint density at radius 1 is 1.14 bits per heavy atom. The molecule has 0 bridgehead atoms. The molecule has 2 rings (SSSR count). The normalized spacial score (nSPS) is 16.1. The molecule has 1 heterocycles. The van der Waals surface area contributed by atoms with Gasteiger partial charge in [-0.2, -0.15) is 5.10 Å². The fourth-order valence-electron chi connectivity index (χ4n) is 1.77. The maximum Gasteiger partial charge on any atom is 0.328 e. The Labute approximate surface area is 129 Å². The molecule has 114 valence electrons. The Bertz CT molecular complexity index is 664. The number of urea groups is 1. The van der Waals surface area contributed by atoms with Crippen LogP contribution < -0.4 is 16.1 Å². The lowest BCUT2D eigenvalue weighted by molar-refractivity contribution is -0.132. The summed E-state index contributed by atoms with van der Waals surface area (Å²) in [7, 11) is 0. The van der Waals surface area contributed by atoms with Gasteiger partial charge in [0, 0.05) is 10.6 Å². The van der Waals surface area contributed by atoms with Crippen LogP contribution in [0.3, 0.4) is 0 Å². The van der Waals surface area contributed by atoms with Crippen LogP contribution in [0.1, 0.15) is 17.3 Å². The van der Waals surface area contributed by atoms with Crippen LogP contribution in [0, 0.1) is 5.92 Å². The minimum absolute atomic E-state index is 0.0461. The number of barbiturate groups is 1. The third-order valence-corrected chi connectivity index (χ3v) is 3.11. The van der Waals surface area contributed by atoms with E-state index in [1.807, 2.05) is 10.6 Å². The molecular weight excluding hydrogens is 312 g/mol. The SMILES string of the molecule is C/C(=N\NC(=O)c1ccc(Cl)cc1)C1C(=O)NC(=O)NC1=O. The molecule has 5 amide bonds. The molecule has 8 nitrogen and oxygen atoms in total. The lowest BCUT2D eigenvalue weighted by Gasteiger charge is -2.20. The summed E-state index contributed by atoms with van der Waals surface area (Å²) in [6.07, 6.45) is 0. The van der Waals surface area contributed by atoms with Gasteiger partial charge in [0.1, 0.15) is 0 Å². The molecule has 0 saturated carbocycles. The van der Waals surface area contributed by atoms with Crippen molar-refractivity contribution in [1.29, 1.82) is 0 Å². The number of nitrogens with zero attached hydrogens (tertiary/aromatic N) is 1. The van der Waals surface area contributed by atoms with Gasteiger partial charge in [0.05, 0.1) is 5.71 Å². The van der Waals surface area contributed by atoms with Gasteiger partial charge in [0.15, 0.2) is 5.92 Å². The molecule has 0 atom stereocenters. The number of nitrogens with one attached hydrogen (secondary N) is 3. The van der Waals surface area contributed by atoms with E-state index < -0.39 is 29.7 Å². The van der Waals surface area contributed by atoms with Crippen LogP contribution in [-0.4, -0.2) is 29.5 Å². The number of halogens is 1. The Morgan fingerprint density at radius 3 is 2.23 bits per heavy atom. The number of hydrogen-bond acceptors (Lipinski definition) is 5. The summed E-state index contributed by atoms with van der Waals surface area (Å²) in [5, 5.41) is 8.10. The molecule has 1 aliphatic heterocycles. The van der Waals surface area contributed by atoms with E-state index in [0.29, 0.717) is 10.6 Å². The van der Waals surface area contributed by atoms with Crippen molar-refractivity contribution >= 4 is 41.1 Å². The summed E-state index contributed by atoms with van der Waals surface area (Å²) < 4.78 is 0. The first-order valence-corrected chi connectivity index (χ1v) is 6.52. The van der Waals surface area contributed by atoms with Crippen molar-refractivity contribution in [1.82, 2.24) is 16.1 Å². The first kappa shape index (κ1) is 15.6. The predicted octanol–water partition coefficient (Wildman–Crippen LogP) is 0.428. The van der Waals surface area contributed by atoms with Crippen molar-refractivity contribution in [3.05, 3.63) is 34.9 Å². The monoisotopic (exact) mass is 322 g/mol. The Balaban J connectivity index is 2.07. The molecule has 0 spiro atoms. The fraction of sp³-hybridized carbons (Fsp3) is 0.154.